The van der Waals surface area contributed by atoms with Crippen LogP contribution in [0.2, 0.25) is 5.02 Å². The fourth-order valence-corrected chi connectivity index (χ4v) is 5.76. The monoisotopic (exact) mass is 565 g/mol. The number of benzene rings is 3. The summed E-state index contributed by atoms with van der Waals surface area (Å²) in [5.41, 5.74) is 7.60. The highest BCUT2D eigenvalue weighted by molar-refractivity contribution is 6.30. The van der Waals surface area contributed by atoms with Gasteiger partial charge in [-0.2, -0.15) is 10.2 Å². The first-order valence-corrected chi connectivity index (χ1v) is 13.8. The summed E-state index contributed by atoms with van der Waals surface area (Å²) in [5.74, 6) is 2.13. The average molecular weight is 566 g/mol. The van der Waals surface area contributed by atoms with Crippen LogP contribution < -0.4 is 14.5 Å². The summed E-state index contributed by atoms with van der Waals surface area (Å²) in [6.45, 7) is 4.74. The van der Waals surface area contributed by atoms with Gasteiger partial charge >= 0.3 is 0 Å². The van der Waals surface area contributed by atoms with Gasteiger partial charge in [0, 0.05) is 23.3 Å². The number of hydrogen-bond acceptors (Lipinski definition) is 8. The Labute approximate surface area is 242 Å². The fraction of sp³-hybridized carbons (Fsp3) is 0.226. The normalized spacial score (nSPS) is 16.0. The van der Waals surface area contributed by atoms with Gasteiger partial charge in [-0.15, -0.1) is 10.2 Å². The average Bonchev–Trinajstić information content (AvgIpc) is 3.61. The third-order valence-electron chi connectivity index (χ3n) is 7.76. The largest absolute Gasteiger partial charge is 0.493 e. The zero-order valence-corrected chi connectivity index (χ0v) is 23.9. The third kappa shape index (κ3) is 4.15. The predicted molar refractivity (Wildman–Crippen MR) is 159 cm³/mol. The number of amidine groups is 1. The Bertz CT molecular complexity index is 1820. The van der Waals surface area contributed by atoms with Gasteiger partial charge in [0.05, 0.1) is 36.7 Å². The summed E-state index contributed by atoms with van der Waals surface area (Å²) in [6, 6.07) is 20.1. The SMILES string of the molecule is COc1cc2c(cc1OC)C1N(CC2)C(c2nnc(C)c3nn(-c4ccc(C)cc4)cc23)=NN1c1ccc(Cl)cc1. The van der Waals surface area contributed by atoms with Gasteiger partial charge in [-0.1, -0.05) is 29.3 Å². The second-order valence-corrected chi connectivity index (χ2v) is 10.7. The zero-order chi connectivity index (χ0) is 28.2. The number of anilines is 1. The van der Waals surface area contributed by atoms with Gasteiger partial charge in [0.2, 0.25) is 0 Å². The molecule has 0 spiro atoms. The summed E-state index contributed by atoms with van der Waals surface area (Å²) in [4.78, 5) is 2.28. The van der Waals surface area contributed by atoms with Crippen molar-refractivity contribution >= 4 is 34.0 Å². The topological polar surface area (TPSA) is 80.9 Å². The molecule has 0 fully saturated rings. The molecule has 2 aliphatic heterocycles. The summed E-state index contributed by atoms with van der Waals surface area (Å²) < 4.78 is 13.2. The van der Waals surface area contributed by atoms with E-state index in [1.54, 1.807) is 14.2 Å². The maximum atomic E-state index is 6.25. The van der Waals surface area contributed by atoms with Crippen LogP contribution in [0.15, 0.2) is 72.0 Å². The van der Waals surface area contributed by atoms with E-state index in [1.165, 1.54) is 11.1 Å². The van der Waals surface area contributed by atoms with Crippen molar-refractivity contribution in [2.24, 2.45) is 5.10 Å². The molecular formula is C31H28ClN7O2. The molecule has 0 amide bonds. The minimum absolute atomic E-state index is 0.222. The minimum Gasteiger partial charge on any atom is -0.493 e. The summed E-state index contributed by atoms with van der Waals surface area (Å²) >= 11 is 6.25. The predicted octanol–water partition coefficient (Wildman–Crippen LogP) is 5.84. The molecule has 0 aliphatic carbocycles. The number of hydrogen-bond donors (Lipinski definition) is 0. The number of halogens is 1. The van der Waals surface area contributed by atoms with Crippen molar-refractivity contribution < 1.29 is 9.47 Å². The van der Waals surface area contributed by atoms with E-state index in [0.29, 0.717) is 22.2 Å². The Morgan fingerprint density at radius 1 is 0.878 bits per heavy atom. The van der Waals surface area contributed by atoms with E-state index in [-0.39, 0.29) is 6.17 Å². The highest BCUT2D eigenvalue weighted by atomic mass is 35.5. The van der Waals surface area contributed by atoms with Crippen LogP contribution >= 0.6 is 11.6 Å². The van der Waals surface area contributed by atoms with Gasteiger partial charge < -0.3 is 14.4 Å². The Hall–Kier alpha value is -4.63. The van der Waals surface area contributed by atoms with Crippen LogP contribution in [0.25, 0.3) is 16.6 Å². The quantitative estimate of drug-likeness (QED) is 0.265. The second kappa shape index (κ2) is 9.78. The molecule has 2 aliphatic rings. The lowest BCUT2D eigenvalue weighted by molar-refractivity contribution is 0.311. The molecule has 41 heavy (non-hydrogen) atoms. The van der Waals surface area contributed by atoms with E-state index in [1.807, 2.05) is 47.1 Å². The molecule has 1 unspecified atom stereocenters. The number of aryl methyl sites for hydroxylation is 2. The van der Waals surface area contributed by atoms with Gasteiger partial charge in [-0.25, -0.2) is 9.69 Å². The van der Waals surface area contributed by atoms with Gasteiger partial charge in [-0.3, -0.25) is 0 Å². The van der Waals surface area contributed by atoms with Crippen LogP contribution in [-0.2, 0) is 6.42 Å². The van der Waals surface area contributed by atoms with E-state index >= 15 is 0 Å². The molecule has 10 heteroatoms. The number of ether oxygens (including phenoxy) is 2. The maximum Gasteiger partial charge on any atom is 0.179 e. The fourth-order valence-electron chi connectivity index (χ4n) is 5.64. The summed E-state index contributed by atoms with van der Waals surface area (Å²) in [7, 11) is 3.32. The van der Waals surface area contributed by atoms with Crippen LogP contribution in [0.3, 0.4) is 0 Å². The van der Waals surface area contributed by atoms with E-state index in [9.17, 15) is 0 Å². The van der Waals surface area contributed by atoms with E-state index < -0.39 is 0 Å². The van der Waals surface area contributed by atoms with Gasteiger partial charge in [0.25, 0.3) is 0 Å². The van der Waals surface area contributed by atoms with Crippen molar-refractivity contribution in [3.8, 4) is 17.2 Å². The molecule has 0 radical (unpaired) electrons. The molecule has 1 atom stereocenters. The highest BCUT2D eigenvalue weighted by Crippen LogP contribution is 2.45. The molecule has 3 aromatic carbocycles. The molecule has 0 bridgehead atoms. The smallest absolute Gasteiger partial charge is 0.179 e. The van der Waals surface area contributed by atoms with E-state index in [0.717, 1.165) is 52.3 Å². The molecule has 4 heterocycles. The first kappa shape index (κ1) is 25.3. The molecule has 7 rings (SSSR count). The lowest BCUT2D eigenvalue weighted by atomic mass is 9.95. The Balaban J connectivity index is 1.40. The van der Waals surface area contributed by atoms with Crippen molar-refractivity contribution in [3.63, 3.8) is 0 Å². The first-order chi connectivity index (χ1) is 19.9. The van der Waals surface area contributed by atoms with Crippen LogP contribution in [0.1, 0.15) is 34.2 Å². The molecule has 0 N–H and O–H groups in total. The van der Waals surface area contributed by atoms with Gasteiger partial charge in [-0.05, 0) is 74.4 Å². The molecule has 2 aromatic heterocycles. The second-order valence-electron chi connectivity index (χ2n) is 10.3. The molecule has 0 saturated carbocycles. The molecular weight excluding hydrogens is 538 g/mol. The summed E-state index contributed by atoms with van der Waals surface area (Å²) in [6.07, 6.45) is 2.61. The molecule has 5 aromatic rings. The molecule has 206 valence electrons. The van der Waals surface area contributed by atoms with Crippen LogP contribution in [0.5, 0.6) is 11.5 Å². The number of aromatic nitrogens is 4. The Morgan fingerprint density at radius 3 is 2.32 bits per heavy atom. The number of hydrazone groups is 1. The zero-order valence-electron chi connectivity index (χ0n) is 23.2. The van der Waals surface area contributed by atoms with Crippen molar-refractivity contribution in [2.75, 3.05) is 25.8 Å². The van der Waals surface area contributed by atoms with Crippen LogP contribution in [-0.4, -0.2) is 51.5 Å². The third-order valence-corrected chi connectivity index (χ3v) is 8.01. The first-order valence-electron chi connectivity index (χ1n) is 13.4. The van der Waals surface area contributed by atoms with Crippen molar-refractivity contribution in [1.82, 2.24) is 24.9 Å². The molecule has 0 saturated heterocycles. The number of fused-ring (bicyclic) bond motifs is 4. The Kier molecular flexibility index (Phi) is 6.04. The number of nitrogens with zero attached hydrogens (tertiary/aromatic N) is 7. The van der Waals surface area contributed by atoms with Crippen LogP contribution in [0, 0.1) is 13.8 Å². The summed E-state index contributed by atoms with van der Waals surface area (Å²) in [5, 5.41) is 22.9. The van der Waals surface area contributed by atoms with Crippen LogP contribution in [0.4, 0.5) is 5.69 Å². The van der Waals surface area contributed by atoms with Crippen molar-refractivity contribution in [1.29, 1.82) is 0 Å². The standard InChI is InChI=1S/C31H28ClN7O2/c1-18-5-9-22(10-6-18)38-17-25-28(35-38)19(2)33-34-29(25)30-36-39(23-11-7-21(32)8-12-23)31-24-16-27(41-4)26(40-3)15-20(24)13-14-37(30)31/h5-12,15-17,31H,13-14H2,1-4H3. The van der Waals surface area contributed by atoms with E-state index in [2.05, 4.69) is 53.3 Å². The molecule has 9 nitrogen and oxygen atoms in total. The van der Waals surface area contributed by atoms with Crippen molar-refractivity contribution in [3.05, 3.63) is 100.0 Å². The number of methoxy groups -OCH3 is 2. The maximum absolute atomic E-state index is 6.25. The lowest BCUT2D eigenvalue weighted by Gasteiger charge is -2.37. The van der Waals surface area contributed by atoms with E-state index in [4.69, 9.17) is 36.4 Å². The lowest BCUT2D eigenvalue weighted by Crippen LogP contribution is -2.41. The van der Waals surface area contributed by atoms with Gasteiger partial charge in [0.15, 0.2) is 23.5 Å². The highest BCUT2D eigenvalue weighted by Gasteiger charge is 2.42. The minimum atomic E-state index is -0.222. The number of rotatable bonds is 5. The van der Waals surface area contributed by atoms with Crippen molar-refractivity contribution in [2.45, 2.75) is 26.4 Å². The van der Waals surface area contributed by atoms with Gasteiger partial charge in [0.1, 0.15) is 11.2 Å². The Morgan fingerprint density at radius 2 is 1.59 bits per heavy atom.